The lowest BCUT2D eigenvalue weighted by Crippen LogP contribution is -2.38. The Morgan fingerprint density at radius 1 is 1.30 bits per heavy atom. The second kappa shape index (κ2) is 4.81. The molecule has 0 unspecified atom stereocenters. The third-order valence-corrected chi connectivity index (χ3v) is 4.07. The van der Waals surface area contributed by atoms with E-state index in [1.165, 1.54) is 21.4 Å². The molecule has 1 aliphatic rings. The monoisotopic (exact) mass is 273 g/mol. The lowest BCUT2D eigenvalue weighted by Gasteiger charge is -2.29. The summed E-state index contributed by atoms with van der Waals surface area (Å²) in [7, 11) is 0. The molecule has 0 saturated carbocycles. The molecule has 3 rings (SSSR count). The summed E-state index contributed by atoms with van der Waals surface area (Å²) in [5.74, 6) is 0. The molecule has 0 aliphatic carbocycles. The molecule has 1 aliphatic heterocycles. The number of hydrogen-bond donors (Lipinski definition) is 1. The van der Waals surface area contributed by atoms with Crippen molar-refractivity contribution in [3.63, 3.8) is 0 Å². The molecule has 20 heavy (non-hydrogen) atoms. The summed E-state index contributed by atoms with van der Waals surface area (Å²) in [5.41, 5.74) is 3.49. The normalized spacial score (nSPS) is 16.8. The largest absolute Gasteiger partial charge is 0.465 e. The maximum atomic E-state index is 10.9. The maximum absolute atomic E-state index is 10.9. The van der Waals surface area contributed by atoms with Crippen LogP contribution in [-0.2, 0) is 0 Å². The average molecular weight is 273 g/mol. The molecule has 1 aromatic carbocycles. The molecule has 2 aromatic rings. The van der Waals surface area contributed by atoms with Crippen LogP contribution in [0.2, 0.25) is 0 Å². The van der Waals surface area contributed by atoms with Gasteiger partial charge in [-0.3, -0.25) is 4.68 Å². The molecule has 0 atom stereocenters. The van der Waals surface area contributed by atoms with Crippen molar-refractivity contribution in [3.8, 4) is 0 Å². The lowest BCUT2D eigenvalue weighted by molar-refractivity contribution is 0.124. The van der Waals surface area contributed by atoms with Crippen LogP contribution >= 0.6 is 0 Å². The van der Waals surface area contributed by atoms with Gasteiger partial charge >= 0.3 is 6.09 Å². The Morgan fingerprint density at radius 2 is 2.00 bits per heavy atom. The number of aromatic nitrogens is 2. The van der Waals surface area contributed by atoms with Gasteiger partial charge in [-0.25, -0.2) is 4.79 Å². The van der Waals surface area contributed by atoms with Crippen LogP contribution < -0.4 is 0 Å². The van der Waals surface area contributed by atoms with Gasteiger partial charge in [-0.1, -0.05) is 11.6 Å². The van der Waals surface area contributed by atoms with E-state index < -0.39 is 6.09 Å². The summed E-state index contributed by atoms with van der Waals surface area (Å²) < 4.78 is 2.02. The minimum Gasteiger partial charge on any atom is -0.465 e. The molecule has 1 fully saturated rings. The first-order valence-electron chi connectivity index (χ1n) is 6.98. The fourth-order valence-electron chi connectivity index (χ4n) is 3.02. The van der Waals surface area contributed by atoms with Crippen molar-refractivity contribution in [2.24, 2.45) is 0 Å². The fraction of sp³-hybridized carbons (Fsp3) is 0.467. The minimum absolute atomic E-state index is 0.303. The van der Waals surface area contributed by atoms with Gasteiger partial charge in [0.25, 0.3) is 0 Å². The van der Waals surface area contributed by atoms with Gasteiger partial charge in [0.1, 0.15) is 0 Å². The Hall–Kier alpha value is -2.04. The molecule has 0 bridgehead atoms. The number of amides is 1. The topological polar surface area (TPSA) is 58.4 Å². The second-order valence-electron chi connectivity index (χ2n) is 5.63. The Balaban J connectivity index is 1.85. The second-order valence-corrected chi connectivity index (χ2v) is 5.63. The fourth-order valence-corrected chi connectivity index (χ4v) is 3.02. The van der Waals surface area contributed by atoms with Crippen LogP contribution in [0.5, 0.6) is 0 Å². The molecular weight excluding hydrogens is 254 g/mol. The van der Waals surface area contributed by atoms with E-state index >= 15 is 0 Å². The highest BCUT2D eigenvalue weighted by atomic mass is 16.4. The van der Waals surface area contributed by atoms with E-state index in [1.807, 2.05) is 4.68 Å². The number of carbonyl (C=O) groups is 1. The highest BCUT2D eigenvalue weighted by molar-refractivity contribution is 5.82. The zero-order valence-corrected chi connectivity index (χ0v) is 11.8. The van der Waals surface area contributed by atoms with Crippen molar-refractivity contribution in [2.75, 3.05) is 13.1 Å². The van der Waals surface area contributed by atoms with Gasteiger partial charge in [-0.05, 0) is 38.3 Å². The Morgan fingerprint density at radius 3 is 2.65 bits per heavy atom. The zero-order valence-electron chi connectivity index (χ0n) is 11.8. The molecule has 1 aromatic heterocycles. The molecule has 106 valence electrons. The van der Waals surface area contributed by atoms with Crippen LogP contribution in [0.4, 0.5) is 4.79 Å². The number of carboxylic acid groups (broad SMARTS) is 1. The van der Waals surface area contributed by atoms with E-state index in [1.54, 1.807) is 0 Å². The van der Waals surface area contributed by atoms with Gasteiger partial charge in [0, 0.05) is 24.7 Å². The molecule has 2 heterocycles. The summed E-state index contributed by atoms with van der Waals surface area (Å²) in [4.78, 5) is 12.4. The number of rotatable bonds is 1. The summed E-state index contributed by atoms with van der Waals surface area (Å²) in [6, 6.07) is 4.60. The third kappa shape index (κ3) is 2.24. The molecule has 1 saturated heterocycles. The average Bonchev–Trinajstić information content (AvgIpc) is 2.83. The Kier molecular flexibility index (Phi) is 3.12. The van der Waals surface area contributed by atoms with Crippen LogP contribution in [0.25, 0.3) is 10.9 Å². The molecule has 1 N–H and O–H groups in total. The number of benzene rings is 1. The van der Waals surface area contributed by atoms with Crippen molar-refractivity contribution in [3.05, 3.63) is 29.5 Å². The first kappa shape index (κ1) is 13.0. The molecular formula is C15H19N3O2. The smallest absolute Gasteiger partial charge is 0.407 e. The summed E-state index contributed by atoms with van der Waals surface area (Å²) in [5, 5.41) is 14.8. The lowest BCUT2D eigenvalue weighted by atomic mass is 10.1. The number of fused-ring (bicyclic) bond motifs is 1. The Bertz CT molecular complexity index is 654. The number of piperidine rings is 1. The number of likely N-dealkylation sites (tertiary alicyclic amines) is 1. The van der Waals surface area contributed by atoms with Crippen LogP contribution in [0.3, 0.4) is 0 Å². The van der Waals surface area contributed by atoms with Gasteiger partial charge in [-0.15, -0.1) is 0 Å². The summed E-state index contributed by atoms with van der Waals surface area (Å²) in [6.07, 6.45) is 2.94. The van der Waals surface area contributed by atoms with Crippen molar-refractivity contribution in [1.82, 2.24) is 14.7 Å². The number of nitrogens with zero attached hydrogens (tertiary/aromatic N) is 3. The zero-order chi connectivity index (χ0) is 14.3. The maximum Gasteiger partial charge on any atom is 0.407 e. The molecule has 0 spiro atoms. The highest BCUT2D eigenvalue weighted by Gasteiger charge is 2.24. The van der Waals surface area contributed by atoms with Gasteiger partial charge < -0.3 is 10.0 Å². The highest BCUT2D eigenvalue weighted by Crippen LogP contribution is 2.26. The third-order valence-electron chi connectivity index (χ3n) is 4.07. The van der Waals surface area contributed by atoms with E-state index in [0.717, 1.165) is 18.4 Å². The Labute approximate surface area is 117 Å². The van der Waals surface area contributed by atoms with Gasteiger partial charge in [0.15, 0.2) is 0 Å². The number of hydrogen-bond acceptors (Lipinski definition) is 2. The quantitative estimate of drug-likeness (QED) is 0.869. The predicted molar refractivity (Wildman–Crippen MR) is 77.1 cm³/mol. The van der Waals surface area contributed by atoms with Crippen molar-refractivity contribution >= 4 is 17.0 Å². The van der Waals surface area contributed by atoms with Crippen LogP contribution in [0.15, 0.2) is 18.3 Å². The first-order valence-corrected chi connectivity index (χ1v) is 6.98. The van der Waals surface area contributed by atoms with Crippen molar-refractivity contribution in [2.45, 2.75) is 32.7 Å². The summed E-state index contributed by atoms with van der Waals surface area (Å²) >= 11 is 0. The standard InChI is InChI=1S/C15H19N3O2/c1-10-7-11(2)14-12(8-10)9-18(16-14)13-3-5-17(6-4-13)15(19)20/h7-9,13H,3-6H2,1-2H3,(H,19,20). The SMILES string of the molecule is Cc1cc(C)c2nn(C3CCN(C(=O)O)CC3)cc2c1. The number of aryl methyl sites for hydroxylation is 2. The van der Waals surface area contributed by atoms with Crippen LogP contribution in [-0.4, -0.2) is 39.0 Å². The molecule has 0 radical (unpaired) electrons. The molecule has 1 amide bonds. The van der Waals surface area contributed by atoms with Crippen molar-refractivity contribution < 1.29 is 9.90 Å². The van der Waals surface area contributed by atoms with Crippen LogP contribution in [0, 0.1) is 13.8 Å². The van der Waals surface area contributed by atoms with Crippen LogP contribution in [0.1, 0.15) is 30.0 Å². The summed E-state index contributed by atoms with van der Waals surface area (Å²) in [6.45, 7) is 5.36. The van der Waals surface area contributed by atoms with Gasteiger partial charge in [0.2, 0.25) is 0 Å². The van der Waals surface area contributed by atoms with E-state index in [4.69, 9.17) is 10.2 Å². The molecule has 5 nitrogen and oxygen atoms in total. The van der Waals surface area contributed by atoms with E-state index in [9.17, 15) is 4.79 Å². The van der Waals surface area contributed by atoms with E-state index in [2.05, 4.69) is 32.2 Å². The van der Waals surface area contributed by atoms with Crippen molar-refractivity contribution in [1.29, 1.82) is 0 Å². The van der Waals surface area contributed by atoms with Gasteiger partial charge in [0.05, 0.1) is 11.6 Å². The first-order chi connectivity index (χ1) is 9.54. The minimum atomic E-state index is -0.819. The van der Waals surface area contributed by atoms with Gasteiger partial charge in [-0.2, -0.15) is 5.10 Å². The molecule has 5 heteroatoms. The van der Waals surface area contributed by atoms with E-state index in [0.29, 0.717) is 19.1 Å². The van der Waals surface area contributed by atoms with E-state index in [-0.39, 0.29) is 0 Å². The predicted octanol–water partition coefficient (Wildman–Crippen LogP) is 2.97.